The molecule has 2 N–H and O–H groups in total. The lowest BCUT2D eigenvalue weighted by Gasteiger charge is -2.30. The van der Waals surface area contributed by atoms with Gasteiger partial charge < -0.3 is 10.6 Å². The van der Waals surface area contributed by atoms with E-state index >= 15 is 0 Å². The summed E-state index contributed by atoms with van der Waals surface area (Å²) in [6.45, 7) is 4.19. The van der Waals surface area contributed by atoms with Crippen LogP contribution in [0.3, 0.4) is 0 Å². The van der Waals surface area contributed by atoms with Gasteiger partial charge in [-0.2, -0.15) is 0 Å². The molecule has 0 saturated carbocycles. The summed E-state index contributed by atoms with van der Waals surface area (Å²) in [5, 5.41) is 6.21. The SMILES string of the molecule is CCC(C)[C@H]1Nc2ccccc2NC1=O. The van der Waals surface area contributed by atoms with E-state index in [1.54, 1.807) is 0 Å². The quantitative estimate of drug-likeness (QED) is 0.777. The molecule has 0 saturated heterocycles. The first-order chi connectivity index (χ1) is 7.22. The molecule has 80 valence electrons. The predicted molar refractivity (Wildman–Crippen MR) is 61.9 cm³/mol. The van der Waals surface area contributed by atoms with E-state index in [0.29, 0.717) is 5.92 Å². The second-order valence-electron chi connectivity index (χ2n) is 4.04. The van der Waals surface area contributed by atoms with Crippen LogP contribution >= 0.6 is 0 Å². The Balaban J connectivity index is 2.26. The molecule has 1 aromatic carbocycles. The maximum Gasteiger partial charge on any atom is 0.247 e. The maximum atomic E-state index is 11.8. The predicted octanol–water partition coefficient (Wildman–Crippen LogP) is 2.47. The number of fused-ring (bicyclic) bond motifs is 1. The molecule has 0 aliphatic carbocycles. The second kappa shape index (κ2) is 3.93. The summed E-state index contributed by atoms with van der Waals surface area (Å²) in [6, 6.07) is 7.68. The van der Waals surface area contributed by atoms with Gasteiger partial charge in [0.25, 0.3) is 0 Å². The first kappa shape index (κ1) is 10.0. The minimum Gasteiger partial charge on any atom is -0.372 e. The fourth-order valence-electron chi connectivity index (χ4n) is 1.80. The van der Waals surface area contributed by atoms with E-state index in [4.69, 9.17) is 0 Å². The Morgan fingerprint density at radius 2 is 2.00 bits per heavy atom. The van der Waals surface area contributed by atoms with Crippen LogP contribution in [0.5, 0.6) is 0 Å². The van der Waals surface area contributed by atoms with Gasteiger partial charge in [0.15, 0.2) is 0 Å². The van der Waals surface area contributed by atoms with Gasteiger partial charge in [0.05, 0.1) is 11.4 Å². The van der Waals surface area contributed by atoms with Gasteiger partial charge in [-0.05, 0) is 18.1 Å². The molecule has 0 bridgehead atoms. The average molecular weight is 204 g/mol. The highest BCUT2D eigenvalue weighted by Gasteiger charge is 2.28. The summed E-state index contributed by atoms with van der Waals surface area (Å²) in [7, 11) is 0. The molecule has 0 fully saturated rings. The van der Waals surface area contributed by atoms with Crippen molar-refractivity contribution in [1.29, 1.82) is 0 Å². The van der Waals surface area contributed by atoms with Gasteiger partial charge in [-0.1, -0.05) is 32.4 Å². The van der Waals surface area contributed by atoms with Crippen molar-refractivity contribution in [2.24, 2.45) is 5.92 Å². The Kier molecular flexibility index (Phi) is 2.62. The van der Waals surface area contributed by atoms with Crippen LogP contribution in [0.15, 0.2) is 24.3 Å². The monoisotopic (exact) mass is 204 g/mol. The molecular formula is C12H16N2O. The van der Waals surface area contributed by atoms with E-state index in [1.807, 2.05) is 24.3 Å². The third-order valence-corrected chi connectivity index (χ3v) is 2.99. The lowest BCUT2D eigenvalue weighted by molar-refractivity contribution is -0.118. The normalized spacial score (nSPS) is 21.2. The van der Waals surface area contributed by atoms with Crippen molar-refractivity contribution >= 4 is 17.3 Å². The zero-order valence-corrected chi connectivity index (χ0v) is 9.08. The number of nitrogens with one attached hydrogen (secondary N) is 2. The third kappa shape index (κ3) is 1.82. The lowest BCUT2D eigenvalue weighted by Crippen LogP contribution is -2.43. The van der Waals surface area contributed by atoms with Crippen LogP contribution in [-0.2, 0) is 4.79 Å². The number of rotatable bonds is 2. The van der Waals surface area contributed by atoms with Crippen molar-refractivity contribution in [3.8, 4) is 0 Å². The van der Waals surface area contributed by atoms with Crippen LogP contribution in [0.25, 0.3) is 0 Å². The Hall–Kier alpha value is -1.51. The number of hydrogen-bond acceptors (Lipinski definition) is 2. The summed E-state index contributed by atoms with van der Waals surface area (Å²) >= 11 is 0. The van der Waals surface area contributed by atoms with Crippen molar-refractivity contribution in [2.75, 3.05) is 10.6 Å². The van der Waals surface area contributed by atoms with Crippen molar-refractivity contribution in [3.05, 3.63) is 24.3 Å². The highest BCUT2D eigenvalue weighted by molar-refractivity contribution is 6.03. The molecular weight excluding hydrogens is 188 g/mol. The van der Waals surface area contributed by atoms with Crippen molar-refractivity contribution in [1.82, 2.24) is 0 Å². The summed E-state index contributed by atoms with van der Waals surface area (Å²) in [5.41, 5.74) is 1.89. The topological polar surface area (TPSA) is 41.1 Å². The first-order valence-corrected chi connectivity index (χ1v) is 5.38. The third-order valence-electron chi connectivity index (χ3n) is 2.99. The van der Waals surface area contributed by atoms with Gasteiger partial charge in [0, 0.05) is 0 Å². The number of carbonyl (C=O) groups excluding carboxylic acids is 1. The number of benzene rings is 1. The summed E-state index contributed by atoms with van der Waals surface area (Å²) < 4.78 is 0. The largest absolute Gasteiger partial charge is 0.372 e. The van der Waals surface area contributed by atoms with Crippen LogP contribution < -0.4 is 10.6 Å². The molecule has 3 nitrogen and oxygen atoms in total. The van der Waals surface area contributed by atoms with E-state index in [-0.39, 0.29) is 11.9 Å². The molecule has 1 heterocycles. The molecule has 1 aliphatic rings. The van der Waals surface area contributed by atoms with Gasteiger partial charge in [0.1, 0.15) is 6.04 Å². The lowest BCUT2D eigenvalue weighted by atomic mass is 9.96. The molecule has 3 heteroatoms. The van der Waals surface area contributed by atoms with E-state index in [2.05, 4.69) is 24.5 Å². The van der Waals surface area contributed by atoms with Crippen LogP contribution in [0, 0.1) is 5.92 Å². The Morgan fingerprint density at radius 1 is 1.33 bits per heavy atom. The van der Waals surface area contributed by atoms with E-state index in [9.17, 15) is 4.79 Å². The molecule has 0 spiro atoms. The standard InChI is InChI=1S/C12H16N2O/c1-3-8(2)11-12(15)14-10-7-5-4-6-9(10)13-11/h4-8,11,13H,3H2,1-2H3,(H,14,15)/t8?,11-/m1/s1. The summed E-state index contributed by atoms with van der Waals surface area (Å²) in [4.78, 5) is 11.8. The van der Waals surface area contributed by atoms with Crippen molar-refractivity contribution < 1.29 is 4.79 Å². The van der Waals surface area contributed by atoms with Gasteiger partial charge in [-0.3, -0.25) is 4.79 Å². The Morgan fingerprint density at radius 3 is 2.67 bits per heavy atom. The highest BCUT2D eigenvalue weighted by Crippen LogP contribution is 2.28. The molecule has 2 atom stereocenters. The number of anilines is 2. The highest BCUT2D eigenvalue weighted by atomic mass is 16.2. The maximum absolute atomic E-state index is 11.8. The molecule has 1 aromatic rings. The molecule has 1 unspecified atom stereocenters. The van der Waals surface area contributed by atoms with Crippen LogP contribution in [0.2, 0.25) is 0 Å². The fourth-order valence-corrected chi connectivity index (χ4v) is 1.80. The van der Waals surface area contributed by atoms with E-state index < -0.39 is 0 Å². The second-order valence-corrected chi connectivity index (χ2v) is 4.04. The smallest absolute Gasteiger partial charge is 0.247 e. The minimum absolute atomic E-state index is 0.0723. The molecule has 0 aromatic heterocycles. The van der Waals surface area contributed by atoms with Crippen LogP contribution in [-0.4, -0.2) is 11.9 Å². The minimum atomic E-state index is -0.107. The summed E-state index contributed by atoms with van der Waals surface area (Å²) in [6.07, 6.45) is 0.993. The summed E-state index contributed by atoms with van der Waals surface area (Å²) in [5.74, 6) is 0.418. The van der Waals surface area contributed by atoms with Crippen LogP contribution in [0.4, 0.5) is 11.4 Å². The van der Waals surface area contributed by atoms with Gasteiger partial charge >= 0.3 is 0 Å². The fraction of sp³-hybridized carbons (Fsp3) is 0.417. The Bertz CT molecular complexity index is 376. The van der Waals surface area contributed by atoms with Gasteiger partial charge in [0.2, 0.25) is 5.91 Å². The first-order valence-electron chi connectivity index (χ1n) is 5.38. The zero-order chi connectivity index (χ0) is 10.8. The average Bonchev–Trinajstić information content (AvgIpc) is 2.27. The Labute approximate surface area is 89.9 Å². The number of amides is 1. The molecule has 15 heavy (non-hydrogen) atoms. The van der Waals surface area contributed by atoms with Crippen LogP contribution in [0.1, 0.15) is 20.3 Å². The van der Waals surface area contributed by atoms with Gasteiger partial charge in [-0.15, -0.1) is 0 Å². The van der Waals surface area contributed by atoms with Gasteiger partial charge in [-0.25, -0.2) is 0 Å². The number of hydrogen-bond donors (Lipinski definition) is 2. The number of para-hydroxylation sites is 2. The zero-order valence-electron chi connectivity index (χ0n) is 9.08. The van der Waals surface area contributed by atoms with Crippen molar-refractivity contribution in [2.45, 2.75) is 26.3 Å². The van der Waals surface area contributed by atoms with E-state index in [0.717, 1.165) is 17.8 Å². The molecule has 1 aliphatic heterocycles. The molecule has 0 radical (unpaired) electrons. The number of carbonyl (C=O) groups is 1. The van der Waals surface area contributed by atoms with Crippen molar-refractivity contribution in [3.63, 3.8) is 0 Å². The molecule has 2 rings (SSSR count). The van der Waals surface area contributed by atoms with E-state index in [1.165, 1.54) is 0 Å². The molecule has 1 amide bonds.